The van der Waals surface area contributed by atoms with E-state index in [-0.39, 0.29) is 0 Å². The van der Waals surface area contributed by atoms with Gasteiger partial charge in [-0.15, -0.1) is 0 Å². The second-order valence-electron chi connectivity index (χ2n) is 3.95. The number of hydrogen-bond donors (Lipinski definition) is 0. The summed E-state index contributed by atoms with van der Waals surface area (Å²) in [4.78, 5) is 20.5. The van der Waals surface area contributed by atoms with Crippen LogP contribution in [-0.2, 0) is 27.5 Å². The fraction of sp³-hybridized carbons (Fsp3) is 0.357. The summed E-state index contributed by atoms with van der Waals surface area (Å²) in [5.41, 5.74) is 3.21. The maximum atomic E-state index is 10.6. The quantitative estimate of drug-likeness (QED) is 0.430. The molecule has 102 valence electrons. The van der Waals surface area contributed by atoms with Crippen LogP contribution in [0.5, 0.6) is 0 Å². The smallest absolute Gasteiger partial charge is 0.142 e. The predicted octanol–water partition coefficient (Wildman–Crippen LogP) is 2.34. The molecule has 0 atom stereocenters. The molecular weight excluding hydrogens is 244 g/mol. The van der Waals surface area contributed by atoms with Crippen molar-refractivity contribution in [1.29, 1.82) is 0 Å². The molecule has 0 heterocycles. The molecule has 0 fully saturated rings. The SMILES string of the molecule is CO/N=C(C)/C(C)=N/OCc1ccccc1CC=O. The van der Waals surface area contributed by atoms with Crippen LogP contribution in [0.15, 0.2) is 34.6 Å². The second-order valence-corrected chi connectivity index (χ2v) is 3.95. The number of carbonyl (C=O) groups excluding carboxylic acids is 1. The van der Waals surface area contributed by atoms with Gasteiger partial charge in [-0.05, 0) is 25.0 Å². The Labute approximate surface area is 112 Å². The summed E-state index contributed by atoms with van der Waals surface area (Å²) in [6.07, 6.45) is 1.26. The van der Waals surface area contributed by atoms with Gasteiger partial charge in [0.1, 0.15) is 31.4 Å². The zero-order valence-electron chi connectivity index (χ0n) is 11.4. The van der Waals surface area contributed by atoms with Crippen LogP contribution in [0.25, 0.3) is 0 Å². The highest BCUT2D eigenvalue weighted by atomic mass is 16.6. The minimum Gasteiger partial charge on any atom is -0.399 e. The number of rotatable bonds is 7. The minimum absolute atomic E-state index is 0.321. The van der Waals surface area contributed by atoms with E-state index in [9.17, 15) is 4.79 Å². The highest BCUT2D eigenvalue weighted by Gasteiger charge is 2.02. The molecule has 0 N–H and O–H groups in total. The minimum atomic E-state index is 0.321. The molecule has 0 aliphatic heterocycles. The summed E-state index contributed by atoms with van der Waals surface area (Å²) in [5, 5.41) is 7.71. The zero-order chi connectivity index (χ0) is 14.1. The first-order valence-electron chi connectivity index (χ1n) is 5.94. The summed E-state index contributed by atoms with van der Waals surface area (Å²) in [6, 6.07) is 7.62. The van der Waals surface area contributed by atoms with Gasteiger partial charge in [-0.2, -0.15) is 0 Å². The number of hydrogen-bond acceptors (Lipinski definition) is 5. The van der Waals surface area contributed by atoms with E-state index in [2.05, 4.69) is 15.1 Å². The van der Waals surface area contributed by atoms with Gasteiger partial charge in [-0.3, -0.25) is 0 Å². The lowest BCUT2D eigenvalue weighted by Crippen LogP contribution is -2.07. The maximum absolute atomic E-state index is 10.6. The van der Waals surface area contributed by atoms with E-state index >= 15 is 0 Å². The van der Waals surface area contributed by atoms with Crippen molar-refractivity contribution in [3.05, 3.63) is 35.4 Å². The van der Waals surface area contributed by atoms with Crippen LogP contribution in [0.3, 0.4) is 0 Å². The first-order chi connectivity index (χ1) is 9.19. The van der Waals surface area contributed by atoms with E-state index in [1.807, 2.05) is 24.3 Å². The van der Waals surface area contributed by atoms with Gasteiger partial charge in [0.2, 0.25) is 0 Å². The van der Waals surface area contributed by atoms with Crippen LogP contribution in [0, 0.1) is 0 Å². The summed E-state index contributed by atoms with van der Waals surface area (Å²) in [6.45, 7) is 3.89. The second kappa shape index (κ2) is 8.02. The molecule has 0 spiro atoms. The van der Waals surface area contributed by atoms with Crippen molar-refractivity contribution in [2.45, 2.75) is 26.9 Å². The molecule has 0 aliphatic rings. The average Bonchev–Trinajstić information content (AvgIpc) is 2.41. The molecule has 19 heavy (non-hydrogen) atoms. The average molecular weight is 262 g/mol. The van der Waals surface area contributed by atoms with Crippen LogP contribution >= 0.6 is 0 Å². The van der Waals surface area contributed by atoms with Crippen molar-refractivity contribution in [3.8, 4) is 0 Å². The van der Waals surface area contributed by atoms with Gasteiger partial charge >= 0.3 is 0 Å². The molecule has 5 heteroatoms. The number of carbonyl (C=O) groups is 1. The van der Waals surface area contributed by atoms with E-state index < -0.39 is 0 Å². The molecule has 0 saturated carbocycles. The van der Waals surface area contributed by atoms with Gasteiger partial charge in [-0.1, -0.05) is 34.6 Å². The van der Waals surface area contributed by atoms with Crippen LogP contribution in [0.4, 0.5) is 0 Å². The molecule has 1 rings (SSSR count). The van der Waals surface area contributed by atoms with Crippen molar-refractivity contribution in [2.24, 2.45) is 10.3 Å². The van der Waals surface area contributed by atoms with E-state index in [4.69, 9.17) is 4.84 Å². The number of oxime groups is 2. The fourth-order valence-corrected chi connectivity index (χ4v) is 1.45. The third kappa shape index (κ3) is 4.91. The Morgan fingerprint density at radius 1 is 1.16 bits per heavy atom. The van der Waals surface area contributed by atoms with Gasteiger partial charge in [0.25, 0.3) is 0 Å². The molecule has 0 radical (unpaired) electrons. The van der Waals surface area contributed by atoms with E-state index in [0.717, 1.165) is 17.4 Å². The number of benzene rings is 1. The maximum Gasteiger partial charge on any atom is 0.142 e. The van der Waals surface area contributed by atoms with Crippen molar-refractivity contribution in [1.82, 2.24) is 0 Å². The van der Waals surface area contributed by atoms with Crippen molar-refractivity contribution in [3.63, 3.8) is 0 Å². The first-order valence-corrected chi connectivity index (χ1v) is 5.94. The standard InChI is InChI=1S/C14H18N2O3/c1-11(15-18-3)12(2)16-19-10-14-7-5-4-6-13(14)8-9-17/h4-7,9H,8,10H2,1-3H3/b15-11+,16-12+. The summed E-state index contributed by atoms with van der Waals surface area (Å²) < 4.78 is 0. The zero-order valence-corrected chi connectivity index (χ0v) is 11.4. The Hall–Kier alpha value is -2.17. The van der Waals surface area contributed by atoms with Crippen molar-refractivity contribution >= 4 is 17.7 Å². The van der Waals surface area contributed by atoms with Gasteiger partial charge < -0.3 is 14.5 Å². The lowest BCUT2D eigenvalue weighted by atomic mass is 10.1. The van der Waals surface area contributed by atoms with Gasteiger partial charge in [-0.25, -0.2) is 0 Å². The molecule has 0 saturated heterocycles. The van der Waals surface area contributed by atoms with Crippen molar-refractivity contribution < 1.29 is 14.5 Å². The van der Waals surface area contributed by atoms with Crippen molar-refractivity contribution in [2.75, 3.05) is 7.11 Å². The Balaban J connectivity index is 2.65. The van der Waals surface area contributed by atoms with Crippen LogP contribution < -0.4 is 0 Å². The molecule has 0 amide bonds. The van der Waals surface area contributed by atoms with Crippen LogP contribution in [0.1, 0.15) is 25.0 Å². The van der Waals surface area contributed by atoms with E-state index in [1.165, 1.54) is 7.11 Å². The Kier molecular flexibility index (Phi) is 6.29. The Bertz CT molecular complexity index is 481. The highest BCUT2D eigenvalue weighted by Crippen LogP contribution is 2.10. The van der Waals surface area contributed by atoms with Crippen LogP contribution in [-0.4, -0.2) is 24.8 Å². The monoisotopic (exact) mass is 262 g/mol. The summed E-state index contributed by atoms with van der Waals surface area (Å²) >= 11 is 0. The topological polar surface area (TPSA) is 60.3 Å². The van der Waals surface area contributed by atoms with E-state index in [1.54, 1.807) is 13.8 Å². The normalized spacial score (nSPS) is 12.2. The third-order valence-corrected chi connectivity index (χ3v) is 2.59. The molecule has 0 aliphatic carbocycles. The Morgan fingerprint density at radius 3 is 2.42 bits per heavy atom. The lowest BCUT2D eigenvalue weighted by Gasteiger charge is -2.06. The molecule has 1 aromatic rings. The number of aldehydes is 1. The predicted molar refractivity (Wildman–Crippen MR) is 74.2 cm³/mol. The molecule has 5 nitrogen and oxygen atoms in total. The Morgan fingerprint density at radius 2 is 1.79 bits per heavy atom. The molecule has 0 aromatic heterocycles. The third-order valence-electron chi connectivity index (χ3n) is 2.59. The molecule has 1 aromatic carbocycles. The van der Waals surface area contributed by atoms with Gasteiger partial charge in [0.15, 0.2) is 0 Å². The van der Waals surface area contributed by atoms with Crippen LogP contribution in [0.2, 0.25) is 0 Å². The lowest BCUT2D eigenvalue weighted by molar-refractivity contribution is -0.107. The summed E-state index contributed by atoms with van der Waals surface area (Å²) in [5.74, 6) is 0. The highest BCUT2D eigenvalue weighted by molar-refractivity contribution is 6.40. The van der Waals surface area contributed by atoms with Gasteiger partial charge in [0.05, 0.1) is 0 Å². The first kappa shape index (κ1) is 14.9. The molecular formula is C14H18N2O3. The largest absolute Gasteiger partial charge is 0.399 e. The van der Waals surface area contributed by atoms with E-state index in [0.29, 0.717) is 24.5 Å². The molecule has 0 bridgehead atoms. The fourth-order valence-electron chi connectivity index (χ4n) is 1.45. The van der Waals surface area contributed by atoms with Gasteiger partial charge in [0, 0.05) is 6.42 Å². The number of nitrogens with zero attached hydrogens (tertiary/aromatic N) is 2. The molecule has 0 unspecified atom stereocenters. The summed E-state index contributed by atoms with van der Waals surface area (Å²) in [7, 11) is 1.48.